The van der Waals surface area contributed by atoms with Crippen LogP contribution in [-0.4, -0.2) is 18.3 Å². The Balaban J connectivity index is 2.85. The first kappa shape index (κ1) is 14.2. The van der Waals surface area contributed by atoms with Gasteiger partial charge < -0.3 is 5.32 Å². The van der Waals surface area contributed by atoms with Gasteiger partial charge in [0.05, 0.1) is 5.02 Å². The normalized spacial score (nSPS) is 11.7. The molecule has 0 aliphatic rings. The van der Waals surface area contributed by atoms with Crippen molar-refractivity contribution in [3.8, 4) is 0 Å². The van der Waals surface area contributed by atoms with Gasteiger partial charge in [-0.15, -0.1) is 0 Å². The third kappa shape index (κ3) is 3.32. The maximum atomic E-state index is 12.6. The van der Waals surface area contributed by atoms with E-state index in [4.69, 9.17) is 11.6 Å². The molecule has 0 aromatic heterocycles. The summed E-state index contributed by atoms with van der Waals surface area (Å²) < 4.78 is 49.3. The number of anilines is 1. The highest BCUT2D eigenvalue weighted by molar-refractivity contribution is 9.10. The average molecular weight is 334 g/mol. The highest BCUT2D eigenvalue weighted by Crippen LogP contribution is 2.28. The second kappa shape index (κ2) is 5.22. The minimum Gasteiger partial charge on any atom is -0.321 e. The second-order valence-electron chi connectivity index (χ2n) is 3.01. The minimum atomic E-state index is -4.73. The molecule has 1 N–H and O–H groups in total. The number of hydrogen-bond donors (Lipinski definition) is 1. The van der Waals surface area contributed by atoms with Crippen molar-refractivity contribution in [3.05, 3.63) is 27.7 Å². The van der Waals surface area contributed by atoms with Crippen molar-refractivity contribution in [2.45, 2.75) is 12.3 Å². The molecule has 1 aromatic carbocycles. The van der Waals surface area contributed by atoms with Gasteiger partial charge in [-0.2, -0.15) is 8.78 Å². The fourth-order valence-corrected chi connectivity index (χ4v) is 1.38. The molecule has 0 saturated carbocycles. The molecule has 0 bridgehead atoms. The molecule has 0 aliphatic carbocycles. The SMILES string of the molecule is O=C(Nc1ccc(Cl)c(Br)c1)C(F)(F)C(F)F. The van der Waals surface area contributed by atoms with Crippen LogP contribution in [0.1, 0.15) is 0 Å². The highest BCUT2D eigenvalue weighted by Gasteiger charge is 2.48. The molecule has 0 spiro atoms. The lowest BCUT2D eigenvalue weighted by Crippen LogP contribution is -2.40. The summed E-state index contributed by atoms with van der Waals surface area (Å²) in [6.45, 7) is 0. The van der Waals surface area contributed by atoms with Crippen molar-refractivity contribution in [1.29, 1.82) is 0 Å². The molecule has 0 fully saturated rings. The van der Waals surface area contributed by atoms with E-state index >= 15 is 0 Å². The van der Waals surface area contributed by atoms with Crippen molar-refractivity contribution in [1.82, 2.24) is 0 Å². The van der Waals surface area contributed by atoms with Crippen LogP contribution in [0, 0.1) is 0 Å². The number of rotatable bonds is 3. The van der Waals surface area contributed by atoms with Gasteiger partial charge in [0.1, 0.15) is 0 Å². The first-order valence-corrected chi connectivity index (χ1v) is 5.34. The van der Waals surface area contributed by atoms with E-state index in [-0.39, 0.29) is 5.69 Å². The maximum absolute atomic E-state index is 12.6. The van der Waals surface area contributed by atoms with E-state index in [1.165, 1.54) is 18.2 Å². The largest absolute Gasteiger partial charge is 0.383 e. The molecule has 8 heteroatoms. The van der Waals surface area contributed by atoms with Crippen LogP contribution in [0.4, 0.5) is 23.2 Å². The van der Waals surface area contributed by atoms with E-state index < -0.39 is 18.3 Å². The number of carbonyl (C=O) groups excluding carboxylic acids is 1. The fourth-order valence-electron chi connectivity index (χ4n) is 0.887. The second-order valence-corrected chi connectivity index (χ2v) is 4.27. The van der Waals surface area contributed by atoms with E-state index in [0.717, 1.165) is 0 Å². The van der Waals surface area contributed by atoms with E-state index in [2.05, 4.69) is 15.9 Å². The molecule has 0 heterocycles. The van der Waals surface area contributed by atoms with Crippen molar-refractivity contribution < 1.29 is 22.4 Å². The predicted molar refractivity (Wildman–Crippen MR) is 58.7 cm³/mol. The van der Waals surface area contributed by atoms with Gasteiger partial charge in [0.2, 0.25) is 0 Å². The first-order valence-electron chi connectivity index (χ1n) is 4.17. The molecule has 2 nitrogen and oxygen atoms in total. The van der Waals surface area contributed by atoms with Crippen LogP contribution >= 0.6 is 27.5 Å². The van der Waals surface area contributed by atoms with E-state index in [1.54, 1.807) is 5.32 Å². The van der Waals surface area contributed by atoms with Gasteiger partial charge in [-0.05, 0) is 34.1 Å². The summed E-state index contributed by atoms with van der Waals surface area (Å²) in [6.07, 6.45) is -4.06. The zero-order chi connectivity index (χ0) is 13.2. The topological polar surface area (TPSA) is 29.1 Å². The summed E-state index contributed by atoms with van der Waals surface area (Å²) >= 11 is 8.63. The third-order valence-corrected chi connectivity index (χ3v) is 2.97. The van der Waals surface area contributed by atoms with Crippen LogP contribution in [0.15, 0.2) is 22.7 Å². The lowest BCUT2D eigenvalue weighted by Gasteiger charge is -2.15. The lowest BCUT2D eigenvalue weighted by atomic mass is 10.3. The maximum Gasteiger partial charge on any atom is 0.383 e. The van der Waals surface area contributed by atoms with Crippen LogP contribution in [0.25, 0.3) is 0 Å². The van der Waals surface area contributed by atoms with Gasteiger partial charge in [-0.25, -0.2) is 8.78 Å². The number of alkyl halides is 4. The standard InChI is InChI=1S/C9H5BrClF4NO/c10-5-3-4(1-2-6(5)11)16-8(17)9(14,15)7(12)13/h1-3,7H,(H,16,17). The smallest absolute Gasteiger partial charge is 0.321 e. The van der Waals surface area contributed by atoms with Gasteiger partial charge in [-0.3, -0.25) is 4.79 Å². The van der Waals surface area contributed by atoms with E-state index in [9.17, 15) is 22.4 Å². The van der Waals surface area contributed by atoms with E-state index in [1.807, 2.05) is 0 Å². The van der Waals surface area contributed by atoms with Gasteiger partial charge in [0, 0.05) is 10.2 Å². The van der Waals surface area contributed by atoms with E-state index in [0.29, 0.717) is 9.50 Å². The van der Waals surface area contributed by atoms with Crippen LogP contribution < -0.4 is 5.32 Å². The number of benzene rings is 1. The Labute approximate surface area is 107 Å². The molecular weight excluding hydrogens is 329 g/mol. The van der Waals surface area contributed by atoms with Crippen LogP contribution in [0.2, 0.25) is 5.02 Å². The summed E-state index contributed by atoms with van der Waals surface area (Å²) in [7, 11) is 0. The molecule has 0 saturated heterocycles. The predicted octanol–water partition coefficient (Wildman–Crippen LogP) is 3.94. The summed E-state index contributed by atoms with van der Waals surface area (Å²) in [5, 5.41) is 1.97. The van der Waals surface area contributed by atoms with Gasteiger partial charge in [0.25, 0.3) is 0 Å². The summed E-state index contributed by atoms with van der Waals surface area (Å²) in [4.78, 5) is 10.9. The van der Waals surface area contributed by atoms with Crippen LogP contribution in [0.5, 0.6) is 0 Å². The Morgan fingerprint density at radius 2 is 2.00 bits per heavy atom. The molecule has 0 aliphatic heterocycles. The number of nitrogens with one attached hydrogen (secondary N) is 1. The van der Waals surface area contributed by atoms with Gasteiger partial charge in [0.15, 0.2) is 0 Å². The summed E-state index contributed by atoms with van der Waals surface area (Å²) in [5.74, 6) is -6.80. The molecular formula is C9H5BrClF4NO. The Morgan fingerprint density at radius 3 is 2.47 bits per heavy atom. The van der Waals surface area contributed by atoms with Gasteiger partial charge in [-0.1, -0.05) is 11.6 Å². The molecule has 1 rings (SSSR count). The molecule has 1 aromatic rings. The van der Waals surface area contributed by atoms with Crippen molar-refractivity contribution >= 4 is 39.1 Å². The molecule has 1 amide bonds. The Hall–Kier alpha value is -0.820. The number of halogens is 6. The Morgan fingerprint density at radius 1 is 1.41 bits per heavy atom. The first-order chi connectivity index (χ1) is 7.75. The molecule has 94 valence electrons. The zero-order valence-electron chi connectivity index (χ0n) is 7.99. The van der Waals surface area contributed by atoms with Crippen molar-refractivity contribution in [2.75, 3.05) is 5.32 Å². The van der Waals surface area contributed by atoms with Crippen LogP contribution in [-0.2, 0) is 4.79 Å². The fraction of sp³-hybridized carbons (Fsp3) is 0.222. The number of amides is 1. The average Bonchev–Trinajstić information content (AvgIpc) is 2.23. The molecule has 0 unspecified atom stereocenters. The Bertz CT molecular complexity index is 441. The number of hydrogen-bond acceptors (Lipinski definition) is 1. The summed E-state index contributed by atoms with van der Waals surface area (Å²) in [6, 6.07) is 3.76. The Kier molecular flexibility index (Phi) is 4.37. The highest BCUT2D eigenvalue weighted by atomic mass is 79.9. The minimum absolute atomic E-state index is 0.0633. The molecule has 0 radical (unpaired) electrons. The van der Waals surface area contributed by atoms with Crippen molar-refractivity contribution in [3.63, 3.8) is 0 Å². The zero-order valence-corrected chi connectivity index (χ0v) is 10.3. The number of carbonyl (C=O) groups is 1. The summed E-state index contributed by atoms with van der Waals surface area (Å²) in [5.41, 5.74) is -0.0633. The van der Waals surface area contributed by atoms with Gasteiger partial charge >= 0.3 is 18.3 Å². The van der Waals surface area contributed by atoms with Crippen molar-refractivity contribution in [2.24, 2.45) is 0 Å². The molecule has 0 atom stereocenters. The lowest BCUT2D eigenvalue weighted by molar-refractivity contribution is -0.163. The third-order valence-electron chi connectivity index (χ3n) is 1.75. The van der Waals surface area contributed by atoms with Crippen LogP contribution in [0.3, 0.4) is 0 Å². The molecule has 17 heavy (non-hydrogen) atoms. The quantitative estimate of drug-likeness (QED) is 0.834. The monoisotopic (exact) mass is 333 g/mol.